The Kier molecular flexibility index (Phi) is 18.5. The molecular weight excluding hydrogens is 419 g/mol. The summed E-state index contributed by atoms with van der Waals surface area (Å²) in [5.74, 6) is 1.40. The first-order chi connectivity index (χ1) is 11.0. The highest BCUT2D eigenvalue weighted by molar-refractivity contribution is 14.0. The Hall–Kier alpha value is -0.570. The van der Waals surface area contributed by atoms with Crippen LogP contribution in [0.4, 0.5) is 0 Å². The number of nitrogens with one attached hydrogen (secondary N) is 3. The Morgan fingerprint density at radius 2 is 1.88 bits per heavy atom. The zero-order valence-electron chi connectivity index (χ0n) is 16.0. The van der Waals surface area contributed by atoms with Gasteiger partial charge in [-0.3, -0.25) is 9.79 Å². The summed E-state index contributed by atoms with van der Waals surface area (Å²) in [5, 5.41) is 9.33. The molecule has 0 aliphatic heterocycles. The van der Waals surface area contributed by atoms with Gasteiger partial charge in [-0.05, 0) is 32.6 Å². The summed E-state index contributed by atoms with van der Waals surface area (Å²) in [5.41, 5.74) is 0. The van der Waals surface area contributed by atoms with Gasteiger partial charge in [-0.25, -0.2) is 0 Å². The third-order valence-corrected chi connectivity index (χ3v) is 3.18. The third-order valence-electron chi connectivity index (χ3n) is 3.18. The summed E-state index contributed by atoms with van der Waals surface area (Å²) < 4.78 is 5.53. The summed E-state index contributed by atoms with van der Waals surface area (Å²) in [7, 11) is 0. The van der Waals surface area contributed by atoms with Gasteiger partial charge in [0.25, 0.3) is 0 Å². The minimum atomic E-state index is 0. The van der Waals surface area contributed by atoms with E-state index in [-0.39, 0.29) is 35.9 Å². The van der Waals surface area contributed by atoms with Crippen molar-refractivity contribution >= 4 is 35.8 Å². The molecule has 144 valence electrons. The van der Waals surface area contributed by atoms with Crippen LogP contribution in [0.25, 0.3) is 0 Å². The quantitative estimate of drug-likeness (QED) is 0.183. The molecule has 0 aliphatic carbocycles. The minimum Gasteiger partial charge on any atom is -0.381 e. The zero-order valence-corrected chi connectivity index (χ0v) is 18.3. The van der Waals surface area contributed by atoms with E-state index in [1.807, 2.05) is 13.8 Å². The highest BCUT2D eigenvalue weighted by Gasteiger charge is 2.05. The Morgan fingerprint density at radius 3 is 2.46 bits per heavy atom. The SMILES string of the molecule is CCNC(=NCCCOCC(C)C)NCCC(=O)NC(C)CC.I. The number of nitrogens with zero attached hydrogens (tertiary/aromatic N) is 1. The topological polar surface area (TPSA) is 74.8 Å². The molecule has 6 nitrogen and oxygen atoms in total. The van der Waals surface area contributed by atoms with Crippen LogP contribution in [0.3, 0.4) is 0 Å². The molecule has 0 saturated heterocycles. The van der Waals surface area contributed by atoms with E-state index in [4.69, 9.17) is 4.74 Å². The van der Waals surface area contributed by atoms with Crippen LogP contribution in [0.2, 0.25) is 0 Å². The van der Waals surface area contributed by atoms with Gasteiger partial charge >= 0.3 is 0 Å². The lowest BCUT2D eigenvalue weighted by molar-refractivity contribution is -0.121. The van der Waals surface area contributed by atoms with Gasteiger partial charge in [0.05, 0.1) is 0 Å². The number of ether oxygens (including phenoxy) is 1. The van der Waals surface area contributed by atoms with Crippen molar-refractivity contribution in [3.63, 3.8) is 0 Å². The fraction of sp³-hybridized carbons (Fsp3) is 0.882. The minimum absolute atomic E-state index is 0. The Labute approximate surface area is 165 Å². The molecule has 1 amide bonds. The number of carbonyl (C=O) groups excluding carboxylic acids is 1. The number of hydrogen-bond donors (Lipinski definition) is 3. The van der Waals surface area contributed by atoms with E-state index < -0.39 is 0 Å². The largest absolute Gasteiger partial charge is 0.381 e. The molecule has 0 rings (SSSR count). The van der Waals surface area contributed by atoms with E-state index in [1.165, 1.54) is 0 Å². The van der Waals surface area contributed by atoms with Crippen LogP contribution < -0.4 is 16.0 Å². The highest BCUT2D eigenvalue weighted by atomic mass is 127. The van der Waals surface area contributed by atoms with E-state index in [0.717, 1.165) is 38.6 Å². The molecule has 0 bridgehead atoms. The van der Waals surface area contributed by atoms with Gasteiger partial charge in [-0.15, -0.1) is 24.0 Å². The molecule has 0 saturated carbocycles. The van der Waals surface area contributed by atoms with Crippen molar-refractivity contribution in [2.45, 2.75) is 59.9 Å². The van der Waals surface area contributed by atoms with Gasteiger partial charge in [0, 0.05) is 45.3 Å². The Bertz CT molecular complexity index is 339. The van der Waals surface area contributed by atoms with Crippen molar-refractivity contribution in [1.82, 2.24) is 16.0 Å². The first kappa shape index (κ1) is 25.7. The van der Waals surface area contributed by atoms with Crippen molar-refractivity contribution in [3.8, 4) is 0 Å². The Morgan fingerprint density at radius 1 is 1.17 bits per heavy atom. The summed E-state index contributed by atoms with van der Waals surface area (Å²) >= 11 is 0. The van der Waals surface area contributed by atoms with Crippen molar-refractivity contribution in [2.75, 3.05) is 32.8 Å². The van der Waals surface area contributed by atoms with E-state index in [2.05, 4.69) is 41.7 Å². The monoisotopic (exact) mass is 456 g/mol. The zero-order chi connectivity index (χ0) is 17.5. The van der Waals surface area contributed by atoms with Crippen molar-refractivity contribution < 1.29 is 9.53 Å². The predicted octanol–water partition coefficient (Wildman–Crippen LogP) is 2.53. The van der Waals surface area contributed by atoms with Crippen LogP contribution in [0.15, 0.2) is 4.99 Å². The van der Waals surface area contributed by atoms with E-state index in [1.54, 1.807) is 0 Å². The lowest BCUT2D eigenvalue weighted by Crippen LogP contribution is -2.40. The first-order valence-corrected chi connectivity index (χ1v) is 8.88. The second-order valence-corrected chi connectivity index (χ2v) is 6.14. The number of amides is 1. The predicted molar refractivity (Wildman–Crippen MR) is 112 cm³/mol. The van der Waals surface area contributed by atoms with Crippen LogP contribution in [0.1, 0.15) is 53.9 Å². The molecule has 0 spiro atoms. The smallest absolute Gasteiger partial charge is 0.221 e. The van der Waals surface area contributed by atoms with Gasteiger partial charge in [0.1, 0.15) is 0 Å². The van der Waals surface area contributed by atoms with Gasteiger partial charge in [-0.1, -0.05) is 20.8 Å². The number of guanidine groups is 1. The summed E-state index contributed by atoms with van der Waals surface area (Å²) in [6, 6.07) is 0.232. The van der Waals surface area contributed by atoms with Crippen molar-refractivity contribution in [2.24, 2.45) is 10.9 Å². The molecule has 0 radical (unpaired) electrons. The molecule has 0 heterocycles. The number of rotatable bonds is 12. The molecule has 24 heavy (non-hydrogen) atoms. The van der Waals surface area contributed by atoms with Crippen LogP contribution in [-0.4, -0.2) is 50.8 Å². The van der Waals surface area contributed by atoms with Crippen LogP contribution in [0.5, 0.6) is 0 Å². The lowest BCUT2D eigenvalue weighted by Gasteiger charge is -2.13. The Balaban J connectivity index is 0. The number of halogens is 1. The van der Waals surface area contributed by atoms with Gasteiger partial charge in [0.15, 0.2) is 5.96 Å². The van der Waals surface area contributed by atoms with E-state index in [9.17, 15) is 4.79 Å². The number of hydrogen-bond acceptors (Lipinski definition) is 3. The van der Waals surface area contributed by atoms with E-state index in [0.29, 0.717) is 25.4 Å². The second-order valence-electron chi connectivity index (χ2n) is 6.14. The molecule has 3 N–H and O–H groups in total. The van der Waals surface area contributed by atoms with Crippen molar-refractivity contribution in [1.29, 1.82) is 0 Å². The van der Waals surface area contributed by atoms with Gasteiger partial charge in [0.2, 0.25) is 5.91 Å². The summed E-state index contributed by atoms with van der Waals surface area (Å²) in [6.07, 6.45) is 2.30. The highest BCUT2D eigenvalue weighted by Crippen LogP contribution is 1.94. The maximum Gasteiger partial charge on any atom is 0.221 e. The van der Waals surface area contributed by atoms with E-state index >= 15 is 0 Å². The normalized spacial score (nSPS) is 12.5. The molecular formula is C17H37IN4O2. The first-order valence-electron chi connectivity index (χ1n) is 8.88. The summed E-state index contributed by atoms with van der Waals surface area (Å²) in [6.45, 7) is 14.0. The fourth-order valence-electron chi connectivity index (χ4n) is 1.76. The molecule has 1 unspecified atom stereocenters. The molecule has 0 fully saturated rings. The molecule has 0 aromatic carbocycles. The van der Waals surface area contributed by atoms with Crippen LogP contribution in [-0.2, 0) is 9.53 Å². The standard InChI is InChI=1S/C17H36N4O2.HI/c1-6-15(5)21-16(22)9-11-20-17(18-7-2)19-10-8-12-23-13-14(3)4;/h14-15H,6-13H2,1-5H3,(H,21,22)(H2,18,19,20);1H. The summed E-state index contributed by atoms with van der Waals surface area (Å²) in [4.78, 5) is 16.2. The maximum atomic E-state index is 11.7. The maximum absolute atomic E-state index is 11.7. The lowest BCUT2D eigenvalue weighted by atomic mass is 10.2. The molecule has 0 aromatic heterocycles. The van der Waals surface area contributed by atoms with Crippen molar-refractivity contribution in [3.05, 3.63) is 0 Å². The third kappa shape index (κ3) is 16.3. The fourth-order valence-corrected chi connectivity index (χ4v) is 1.76. The van der Waals surface area contributed by atoms with Crippen LogP contribution >= 0.6 is 24.0 Å². The molecule has 0 aliphatic rings. The average Bonchev–Trinajstić information content (AvgIpc) is 2.50. The van der Waals surface area contributed by atoms with Gasteiger partial charge < -0.3 is 20.7 Å². The molecule has 7 heteroatoms. The average molecular weight is 456 g/mol. The van der Waals surface area contributed by atoms with Crippen LogP contribution in [0, 0.1) is 5.92 Å². The van der Waals surface area contributed by atoms with Gasteiger partial charge in [-0.2, -0.15) is 0 Å². The second kappa shape index (κ2) is 17.3. The molecule has 0 aromatic rings. The number of aliphatic imine (C=N–C) groups is 1. The number of carbonyl (C=O) groups is 1. The molecule has 1 atom stereocenters.